The number of carbonyl (C=O) groups excluding carboxylic acids is 3. The molecule has 9 heteroatoms. The Morgan fingerprint density at radius 3 is 2.00 bits per heavy atom. The van der Waals surface area contributed by atoms with Gasteiger partial charge in [0.15, 0.2) is 13.2 Å². The van der Waals surface area contributed by atoms with Gasteiger partial charge in [0.2, 0.25) is 18.5 Å². The highest BCUT2D eigenvalue weighted by atomic mass is 16.6. The Morgan fingerprint density at radius 1 is 0.839 bits per heavy atom. The van der Waals surface area contributed by atoms with Gasteiger partial charge >= 0.3 is 11.9 Å². The Kier molecular flexibility index (Phi) is 7.10. The van der Waals surface area contributed by atoms with E-state index < -0.39 is 25.2 Å². The fourth-order valence-electron chi connectivity index (χ4n) is 2.81. The van der Waals surface area contributed by atoms with Gasteiger partial charge in [0.25, 0.3) is 0 Å². The summed E-state index contributed by atoms with van der Waals surface area (Å²) in [5, 5.41) is 6.13. The summed E-state index contributed by atoms with van der Waals surface area (Å²) in [4.78, 5) is 36.1. The van der Waals surface area contributed by atoms with Gasteiger partial charge in [-0.05, 0) is 23.3 Å². The second kappa shape index (κ2) is 10.1. The average Bonchev–Trinajstić information content (AvgIpc) is 2.80. The first-order valence-corrected chi connectivity index (χ1v) is 9.31. The standard InChI is InChI=1S/C22H21N2O7/c1-28-20(26)13-30-18-8-5-9-19(31-14-21(27)29-2)22(18)17(25)12-24-11-16-7-4-3-6-15(16)10-23-24/h3-11H,12-14H2,1-2H3/q+1. The molecule has 160 valence electrons. The molecule has 3 aromatic rings. The van der Waals surface area contributed by atoms with Crippen molar-refractivity contribution in [1.82, 2.24) is 5.10 Å². The van der Waals surface area contributed by atoms with Gasteiger partial charge in [-0.25, -0.2) is 9.59 Å². The lowest BCUT2D eigenvalue weighted by Crippen LogP contribution is -2.41. The van der Waals surface area contributed by atoms with Crippen molar-refractivity contribution < 1.29 is 38.0 Å². The average molecular weight is 425 g/mol. The maximum Gasteiger partial charge on any atom is 0.343 e. The zero-order valence-electron chi connectivity index (χ0n) is 17.1. The van der Waals surface area contributed by atoms with E-state index >= 15 is 0 Å². The van der Waals surface area contributed by atoms with Crippen LogP contribution in [0.15, 0.2) is 54.9 Å². The smallest absolute Gasteiger partial charge is 0.343 e. The first-order valence-electron chi connectivity index (χ1n) is 9.31. The van der Waals surface area contributed by atoms with E-state index in [1.165, 1.54) is 31.0 Å². The number of esters is 2. The van der Waals surface area contributed by atoms with E-state index in [1.54, 1.807) is 18.5 Å². The quantitative estimate of drug-likeness (QED) is 0.289. The summed E-state index contributed by atoms with van der Waals surface area (Å²) < 4.78 is 21.6. The van der Waals surface area contributed by atoms with Crippen LogP contribution < -0.4 is 14.2 Å². The van der Waals surface area contributed by atoms with E-state index in [1.807, 2.05) is 24.3 Å². The number of rotatable bonds is 9. The number of carbonyl (C=O) groups is 3. The fourth-order valence-corrected chi connectivity index (χ4v) is 2.81. The summed E-state index contributed by atoms with van der Waals surface area (Å²) in [6.45, 7) is -0.894. The summed E-state index contributed by atoms with van der Waals surface area (Å²) in [5.41, 5.74) is 0.0813. The Hall–Kier alpha value is -4.01. The zero-order valence-corrected chi connectivity index (χ0v) is 17.1. The minimum absolute atomic E-state index is 0.0813. The van der Waals surface area contributed by atoms with Crippen molar-refractivity contribution in [1.29, 1.82) is 0 Å². The number of ketones is 1. The molecule has 0 aliphatic rings. The van der Waals surface area contributed by atoms with Crippen LogP contribution in [0.4, 0.5) is 0 Å². The number of hydrogen-bond donors (Lipinski definition) is 0. The number of ether oxygens (including phenoxy) is 4. The Bertz CT molecular complexity index is 1080. The van der Waals surface area contributed by atoms with E-state index in [0.29, 0.717) is 0 Å². The molecule has 0 amide bonds. The van der Waals surface area contributed by atoms with Gasteiger partial charge in [-0.15, -0.1) is 0 Å². The normalized spacial score (nSPS) is 10.4. The van der Waals surface area contributed by atoms with Crippen LogP contribution in [-0.2, 0) is 25.6 Å². The molecule has 0 fully saturated rings. The number of nitrogens with zero attached hydrogens (tertiary/aromatic N) is 2. The van der Waals surface area contributed by atoms with Gasteiger partial charge in [0.1, 0.15) is 23.3 Å². The summed E-state index contributed by atoms with van der Waals surface area (Å²) in [6.07, 6.45) is 3.41. The number of methoxy groups -OCH3 is 2. The highest BCUT2D eigenvalue weighted by molar-refractivity contribution is 6.00. The lowest BCUT2D eigenvalue weighted by Gasteiger charge is -2.14. The van der Waals surface area contributed by atoms with Gasteiger partial charge in [-0.2, -0.15) is 0 Å². The zero-order chi connectivity index (χ0) is 22.2. The second-order valence-electron chi connectivity index (χ2n) is 6.38. The van der Waals surface area contributed by atoms with Gasteiger partial charge in [-0.1, -0.05) is 28.9 Å². The second-order valence-corrected chi connectivity index (χ2v) is 6.38. The molecule has 0 aliphatic heterocycles. The summed E-state index contributed by atoms with van der Waals surface area (Å²) in [7, 11) is 2.46. The number of benzene rings is 2. The van der Waals surface area contributed by atoms with Crippen LogP contribution in [0.2, 0.25) is 0 Å². The summed E-state index contributed by atoms with van der Waals surface area (Å²) in [6, 6.07) is 12.3. The van der Waals surface area contributed by atoms with Crippen LogP contribution in [0.1, 0.15) is 10.4 Å². The fraction of sp³-hybridized carbons (Fsp3) is 0.227. The Labute approximate surface area is 178 Å². The molecule has 0 aliphatic carbocycles. The SMILES string of the molecule is COC(=O)COc1cccc(OCC(=O)OC)c1C(=O)C[n+]1cc2ccccc2cn1. The lowest BCUT2D eigenvalue weighted by molar-refractivity contribution is -0.740. The van der Waals surface area contributed by atoms with Crippen LogP contribution in [0, 0.1) is 0 Å². The monoisotopic (exact) mass is 425 g/mol. The van der Waals surface area contributed by atoms with Gasteiger partial charge in [0, 0.05) is 10.8 Å². The molecule has 0 bridgehead atoms. The molecule has 0 atom stereocenters. The van der Waals surface area contributed by atoms with Crippen molar-refractivity contribution in [2.45, 2.75) is 6.54 Å². The van der Waals surface area contributed by atoms with Crippen molar-refractivity contribution in [2.24, 2.45) is 0 Å². The first-order chi connectivity index (χ1) is 15.0. The molecule has 31 heavy (non-hydrogen) atoms. The molecule has 0 spiro atoms. The van der Waals surface area contributed by atoms with Gasteiger partial charge in [-0.3, -0.25) is 4.79 Å². The molecule has 1 heterocycles. The van der Waals surface area contributed by atoms with Gasteiger partial charge < -0.3 is 18.9 Å². The number of hydrogen-bond acceptors (Lipinski definition) is 8. The highest BCUT2D eigenvalue weighted by Crippen LogP contribution is 2.29. The minimum atomic E-state index is -0.607. The third kappa shape index (κ3) is 5.53. The number of aromatic nitrogens is 2. The van der Waals surface area contributed by atoms with Crippen LogP contribution in [-0.4, -0.2) is 50.3 Å². The van der Waals surface area contributed by atoms with Crippen molar-refractivity contribution in [3.05, 3.63) is 60.4 Å². The van der Waals surface area contributed by atoms with Crippen molar-refractivity contribution in [2.75, 3.05) is 27.4 Å². The van der Waals surface area contributed by atoms with E-state index in [4.69, 9.17) is 9.47 Å². The summed E-state index contributed by atoms with van der Waals surface area (Å²) in [5.74, 6) is -1.35. The molecular weight excluding hydrogens is 404 g/mol. The molecule has 0 radical (unpaired) electrons. The van der Waals surface area contributed by atoms with Crippen LogP contribution in [0.3, 0.4) is 0 Å². The van der Waals surface area contributed by atoms with Crippen molar-refractivity contribution >= 4 is 28.5 Å². The van der Waals surface area contributed by atoms with E-state index in [2.05, 4.69) is 14.6 Å². The van der Waals surface area contributed by atoms with Crippen LogP contribution in [0.5, 0.6) is 11.5 Å². The molecule has 0 saturated heterocycles. The van der Waals surface area contributed by atoms with Crippen LogP contribution >= 0.6 is 0 Å². The molecule has 0 saturated carbocycles. The van der Waals surface area contributed by atoms with Crippen molar-refractivity contribution in [3.8, 4) is 11.5 Å². The number of Topliss-reactive ketones (excluding diaryl/α,β-unsaturated/α-hetero) is 1. The third-order valence-electron chi connectivity index (χ3n) is 4.35. The van der Waals surface area contributed by atoms with Crippen molar-refractivity contribution in [3.63, 3.8) is 0 Å². The molecule has 2 aromatic carbocycles. The van der Waals surface area contributed by atoms with E-state index in [9.17, 15) is 14.4 Å². The van der Waals surface area contributed by atoms with E-state index in [0.717, 1.165) is 10.8 Å². The molecular formula is C22H21N2O7+. The van der Waals surface area contributed by atoms with E-state index in [-0.39, 0.29) is 29.4 Å². The lowest BCUT2D eigenvalue weighted by atomic mass is 10.1. The maximum atomic E-state index is 13.2. The molecule has 1 aromatic heterocycles. The third-order valence-corrected chi connectivity index (χ3v) is 4.35. The van der Waals surface area contributed by atoms with Crippen LogP contribution in [0.25, 0.3) is 10.8 Å². The minimum Gasteiger partial charge on any atom is -0.481 e. The predicted octanol–water partition coefficient (Wildman–Crippen LogP) is 1.51. The molecule has 3 rings (SSSR count). The Morgan fingerprint density at radius 2 is 1.42 bits per heavy atom. The first kappa shape index (κ1) is 21.7. The Balaban J connectivity index is 1.90. The largest absolute Gasteiger partial charge is 0.481 e. The molecule has 9 nitrogen and oxygen atoms in total. The topological polar surface area (TPSA) is 105 Å². The van der Waals surface area contributed by atoms with Gasteiger partial charge in [0.05, 0.1) is 14.2 Å². The molecule has 0 N–H and O–H groups in total. The summed E-state index contributed by atoms with van der Waals surface area (Å²) >= 11 is 0. The maximum absolute atomic E-state index is 13.2. The number of fused-ring (bicyclic) bond motifs is 1. The molecule has 0 unspecified atom stereocenters. The highest BCUT2D eigenvalue weighted by Gasteiger charge is 2.24. The predicted molar refractivity (Wildman–Crippen MR) is 108 cm³/mol.